The molecule has 0 saturated heterocycles. The number of hydrogen-bond donors (Lipinski definition) is 1. The lowest BCUT2D eigenvalue weighted by atomic mass is 9.98. The third kappa shape index (κ3) is 2.05. The van der Waals surface area contributed by atoms with Gasteiger partial charge in [0.2, 0.25) is 0 Å². The second kappa shape index (κ2) is 4.56. The third-order valence-electron chi connectivity index (χ3n) is 3.47. The summed E-state index contributed by atoms with van der Waals surface area (Å²) in [5.74, 6) is 0. The van der Waals surface area contributed by atoms with Gasteiger partial charge >= 0.3 is 0 Å². The Balaban J connectivity index is 2.02. The van der Waals surface area contributed by atoms with E-state index in [-0.39, 0.29) is 6.04 Å². The summed E-state index contributed by atoms with van der Waals surface area (Å²) >= 11 is 0. The number of benzene rings is 2. The van der Waals surface area contributed by atoms with Gasteiger partial charge in [0, 0.05) is 6.04 Å². The van der Waals surface area contributed by atoms with E-state index < -0.39 is 0 Å². The summed E-state index contributed by atoms with van der Waals surface area (Å²) in [4.78, 5) is 0. The molecule has 1 unspecified atom stereocenters. The second-order valence-corrected chi connectivity index (χ2v) is 4.89. The van der Waals surface area contributed by atoms with Gasteiger partial charge in [-0.2, -0.15) is 0 Å². The molecule has 1 aliphatic rings. The van der Waals surface area contributed by atoms with Gasteiger partial charge < -0.3 is 10.5 Å². The van der Waals surface area contributed by atoms with E-state index in [1.54, 1.807) is 0 Å². The Morgan fingerprint density at radius 2 is 1.78 bits per heavy atom. The molecule has 92 valence electrons. The molecular formula is C16H17NO. The Kier molecular flexibility index (Phi) is 2.90. The van der Waals surface area contributed by atoms with E-state index in [1.807, 2.05) is 6.92 Å². The summed E-state index contributed by atoms with van der Waals surface area (Å²) in [5, 5.41) is 0. The molecule has 2 heteroatoms. The lowest BCUT2D eigenvalue weighted by molar-refractivity contribution is 0.134. The number of nitrogens with two attached hydrogens (primary N) is 1. The van der Waals surface area contributed by atoms with Gasteiger partial charge in [0.25, 0.3) is 0 Å². The van der Waals surface area contributed by atoms with Crippen molar-refractivity contribution in [3.8, 4) is 11.1 Å². The van der Waals surface area contributed by atoms with Crippen LogP contribution in [0.3, 0.4) is 0 Å². The summed E-state index contributed by atoms with van der Waals surface area (Å²) in [7, 11) is 0. The SMILES string of the molecule is CC(N)c1cccc(-c2ccc3c(c2)COC3)c1. The zero-order valence-corrected chi connectivity index (χ0v) is 10.5. The maximum absolute atomic E-state index is 5.93. The number of rotatable bonds is 2. The van der Waals surface area contributed by atoms with Gasteiger partial charge in [-0.3, -0.25) is 0 Å². The summed E-state index contributed by atoms with van der Waals surface area (Å²) in [6.45, 7) is 3.49. The van der Waals surface area contributed by atoms with Crippen LogP contribution in [-0.2, 0) is 18.0 Å². The van der Waals surface area contributed by atoms with Crippen molar-refractivity contribution in [3.63, 3.8) is 0 Å². The van der Waals surface area contributed by atoms with Crippen LogP contribution in [-0.4, -0.2) is 0 Å². The Hall–Kier alpha value is -1.64. The number of hydrogen-bond acceptors (Lipinski definition) is 2. The van der Waals surface area contributed by atoms with Crippen LogP contribution in [0.4, 0.5) is 0 Å². The average molecular weight is 239 g/mol. The lowest BCUT2D eigenvalue weighted by Crippen LogP contribution is -2.04. The monoisotopic (exact) mass is 239 g/mol. The van der Waals surface area contributed by atoms with Gasteiger partial charge in [0.05, 0.1) is 13.2 Å². The molecule has 0 amide bonds. The molecule has 1 heterocycles. The van der Waals surface area contributed by atoms with Crippen LogP contribution in [0.1, 0.15) is 29.7 Å². The second-order valence-electron chi connectivity index (χ2n) is 4.89. The van der Waals surface area contributed by atoms with Crippen LogP contribution in [0.2, 0.25) is 0 Å². The van der Waals surface area contributed by atoms with Gasteiger partial charge in [0.1, 0.15) is 0 Å². The van der Waals surface area contributed by atoms with Gasteiger partial charge in [0.15, 0.2) is 0 Å². The Morgan fingerprint density at radius 3 is 2.61 bits per heavy atom. The maximum atomic E-state index is 5.93. The molecule has 2 N–H and O–H groups in total. The van der Waals surface area contributed by atoms with Crippen LogP contribution in [0, 0.1) is 0 Å². The molecule has 0 saturated carbocycles. The number of fused-ring (bicyclic) bond motifs is 1. The molecule has 2 aromatic rings. The van der Waals surface area contributed by atoms with Gasteiger partial charge in [-0.15, -0.1) is 0 Å². The molecule has 1 atom stereocenters. The molecule has 0 spiro atoms. The summed E-state index contributed by atoms with van der Waals surface area (Å²) < 4.78 is 5.45. The van der Waals surface area contributed by atoms with E-state index in [0.29, 0.717) is 0 Å². The molecule has 0 aliphatic carbocycles. The lowest BCUT2D eigenvalue weighted by Gasteiger charge is -2.09. The highest BCUT2D eigenvalue weighted by Crippen LogP contribution is 2.28. The summed E-state index contributed by atoms with van der Waals surface area (Å²) in [5.41, 5.74) is 12.2. The van der Waals surface area contributed by atoms with Crippen molar-refractivity contribution in [1.29, 1.82) is 0 Å². The molecule has 2 nitrogen and oxygen atoms in total. The van der Waals surface area contributed by atoms with E-state index in [2.05, 4.69) is 42.5 Å². The third-order valence-corrected chi connectivity index (χ3v) is 3.47. The molecular weight excluding hydrogens is 222 g/mol. The summed E-state index contributed by atoms with van der Waals surface area (Å²) in [6.07, 6.45) is 0. The minimum Gasteiger partial charge on any atom is -0.372 e. The molecule has 1 aliphatic heterocycles. The van der Waals surface area contributed by atoms with E-state index in [9.17, 15) is 0 Å². The molecule has 3 rings (SSSR count). The van der Waals surface area contributed by atoms with Crippen LogP contribution < -0.4 is 5.73 Å². The fourth-order valence-corrected chi connectivity index (χ4v) is 2.35. The molecule has 18 heavy (non-hydrogen) atoms. The molecule has 0 radical (unpaired) electrons. The van der Waals surface area contributed by atoms with Crippen molar-refractivity contribution in [2.45, 2.75) is 26.2 Å². The van der Waals surface area contributed by atoms with E-state index in [4.69, 9.17) is 10.5 Å². The first-order chi connectivity index (χ1) is 8.74. The standard InChI is InChI=1S/C16H17NO/c1-11(17)12-3-2-4-13(7-12)14-5-6-15-9-18-10-16(15)8-14/h2-8,11H,9-10,17H2,1H3. The Bertz CT molecular complexity index is 575. The highest BCUT2D eigenvalue weighted by atomic mass is 16.5. The Labute approximate surface area is 107 Å². The zero-order valence-electron chi connectivity index (χ0n) is 10.5. The van der Waals surface area contributed by atoms with Crippen LogP contribution in [0.5, 0.6) is 0 Å². The van der Waals surface area contributed by atoms with E-state index in [1.165, 1.54) is 27.8 Å². The molecule has 2 aromatic carbocycles. The molecule has 0 aromatic heterocycles. The van der Waals surface area contributed by atoms with Crippen molar-refractivity contribution < 1.29 is 4.74 Å². The largest absolute Gasteiger partial charge is 0.372 e. The smallest absolute Gasteiger partial charge is 0.0725 e. The van der Waals surface area contributed by atoms with Crippen LogP contribution in [0.25, 0.3) is 11.1 Å². The normalized spacial score (nSPS) is 15.4. The topological polar surface area (TPSA) is 35.2 Å². The van der Waals surface area contributed by atoms with E-state index >= 15 is 0 Å². The van der Waals surface area contributed by atoms with Crippen LogP contribution >= 0.6 is 0 Å². The van der Waals surface area contributed by atoms with Crippen molar-refractivity contribution >= 4 is 0 Å². The predicted molar refractivity (Wildman–Crippen MR) is 73.0 cm³/mol. The zero-order chi connectivity index (χ0) is 12.5. The van der Waals surface area contributed by atoms with Gasteiger partial charge in [-0.05, 0) is 46.9 Å². The highest BCUT2D eigenvalue weighted by molar-refractivity contribution is 5.66. The Morgan fingerprint density at radius 1 is 1.00 bits per heavy atom. The fraction of sp³-hybridized carbons (Fsp3) is 0.250. The van der Waals surface area contributed by atoms with Crippen molar-refractivity contribution in [3.05, 3.63) is 59.2 Å². The molecule has 0 fully saturated rings. The van der Waals surface area contributed by atoms with Crippen molar-refractivity contribution in [1.82, 2.24) is 0 Å². The van der Waals surface area contributed by atoms with Crippen LogP contribution in [0.15, 0.2) is 42.5 Å². The molecule has 0 bridgehead atoms. The van der Waals surface area contributed by atoms with E-state index in [0.717, 1.165) is 13.2 Å². The average Bonchev–Trinajstić information content (AvgIpc) is 2.86. The number of ether oxygens (including phenoxy) is 1. The minimum absolute atomic E-state index is 0.0720. The van der Waals surface area contributed by atoms with Crippen molar-refractivity contribution in [2.24, 2.45) is 5.73 Å². The van der Waals surface area contributed by atoms with Crippen molar-refractivity contribution in [2.75, 3.05) is 0 Å². The summed E-state index contributed by atoms with van der Waals surface area (Å²) in [6, 6.07) is 15.1. The van der Waals surface area contributed by atoms with Gasteiger partial charge in [-0.1, -0.05) is 30.3 Å². The first-order valence-electron chi connectivity index (χ1n) is 6.29. The fourth-order valence-electron chi connectivity index (χ4n) is 2.35. The highest BCUT2D eigenvalue weighted by Gasteiger charge is 2.12. The minimum atomic E-state index is 0.0720. The van der Waals surface area contributed by atoms with Gasteiger partial charge in [-0.25, -0.2) is 0 Å². The first kappa shape index (κ1) is 11.5. The predicted octanol–water partition coefficient (Wildman–Crippen LogP) is 3.40. The first-order valence-corrected chi connectivity index (χ1v) is 6.29. The quantitative estimate of drug-likeness (QED) is 0.871. The maximum Gasteiger partial charge on any atom is 0.0725 e.